The Morgan fingerprint density at radius 3 is 2.83 bits per heavy atom. The van der Waals surface area contributed by atoms with Crippen LogP contribution >= 0.6 is 11.6 Å². The van der Waals surface area contributed by atoms with Gasteiger partial charge in [0.15, 0.2) is 0 Å². The van der Waals surface area contributed by atoms with Crippen LogP contribution in [-0.2, 0) is 10.8 Å². The Kier molecular flexibility index (Phi) is 6.07. The predicted octanol–water partition coefficient (Wildman–Crippen LogP) is 1.28. The van der Waals surface area contributed by atoms with Crippen LogP contribution in [0, 0.1) is 0 Å². The summed E-state index contributed by atoms with van der Waals surface area (Å²) in [5.74, 6) is 0.728. The van der Waals surface area contributed by atoms with Crippen molar-refractivity contribution >= 4 is 34.1 Å². The van der Waals surface area contributed by atoms with E-state index in [4.69, 9.17) is 11.6 Å². The van der Waals surface area contributed by atoms with E-state index in [1.807, 2.05) is 6.92 Å². The van der Waals surface area contributed by atoms with Gasteiger partial charge in [0.05, 0.1) is 10.6 Å². The van der Waals surface area contributed by atoms with Gasteiger partial charge in [0.1, 0.15) is 5.82 Å². The highest BCUT2D eigenvalue weighted by Gasteiger charge is 2.09. The molecule has 0 saturated carbocycles. The Morgan fingerprint density at radius 2 is 2.28 bits per heavy atom. The molecule has 0 fully saturated rings. The van der Waals surface area contributed by atoms with Gasteiger partial charge in [0.2, 0.25) is 0 Å². The van der Waals surface area contributed by atoms with Crippen molar-refractivity contribution in [3.63, 3.8) is 0 Å². The van der Waals surface area contributed by atoms with Crippen LogP contribution in [0.5, 0.6) is 0 Å². The molecule has 0 saturated heterocycles. The summed E-state index contributed by atoms with van der Waals surface area (Å²) in [6.45, 7) is 3.01. The first kappa shape index (κ1) is 14.9. The van der Waals surface area contributed by atoms with Gasteiger partial charge >= 0.3 is 0 Å². The van der Waals surface area contributed by atoms with Crippen LogP contribution in [0.1, 0.15) is 17.3 Å². The van der Waals surface area contributed by atoms with Gasteiger partial charge in [0.25, 0.3) is 5.91 Å². The third-order valence-corrected chi connectivity index (χ3v) is 3.19. The molecule has 5 nitrogen and oxygen atoms in total. The second-order valence-corrected chi connectivity index (χ2v) is 5.58. The van der Waals surface area contributed by atoms with E-state index in [9.17, 15) is 9.00 Å². The predicted molar refractivity (Wildman–Crippen MR) is 74.7 cm³/mol. The number of nitrogens with zero attached hydrogens (tertiary/aromatic N) is 1. The van der Waals surface area contributed by atoms with Crippen LogP contribution in [0.4, 0.5) is 5.82 Å². The average Bonchev–Trinajstić information content (AvgIpc) is 2.31. The van der Waals surface area contributed by atoms with Crippen LogP contribution in [0.15, 0.2) is 12.3 Å². The number of halogens is 1. The summed E-state index contributed by atoms with van der Waals surface area (Å²) in [5, 5.41) is 6.05. The fraction of sp³-hybridized carbons (Fsp3) is 0.455. The third kappa shape index (κ3) is 4.62. The molecule has 0 aliphatic rings. The minimum Gasteiger partial charge on any atom is -0.369 e. The van der Waals surface area contributed by atoms with Crippen LogP contribution in [0.25, 0.3) is 0 Å². The summed E-state index contributed by atoms with van der Waals surface area (Å²) in [7, 11) is -0.916. The van der Waals surface area contributed by atoms with E-state index >= 15 is 0 Å². The first-order chi connectivity index (χ1) is 8.54. The SMILES string of the molecule is CCNc1ncc(C(=O)NCCS(C)=O)cc1Cl. The molecule has 0 bridgehead atoms. The molecule has 1 rings (SSSR count). The molecule has 0 aliphatic carbocycles. The molecule has 1 atom stereocenters. The summed E-state index contributed by atoms with van der Waals surface area (Å²) in [6.07, 6.45) is 3.05. The maximum Gasteiger partial charge on any atom is 0.252 e. The van der Waals surface area contributed by atoms with Crippen LogP contribution < -0.4 is 10.6 Å². The van der Waals surface area contributed by atoms with Crippen molar-refractivity contribution in [1.82, 2.24) is 10.3 Å². The van der Waals surface area contributed by atoms with E-state index < -0.39 is 10.8 Å². The molecule has 1 heterocycles. The number of amides is 1. The second-order valence-electron chi connectivity index (χ2n) is 3.62. The first-order valence-electron chi connectivity index (χ1n) is 5.52. The molecular weight excluding hydrogens is 274 g/mol. The lowest BCUT2D eigenvalue weighted by Crippen LogP contribution is -2.27. The Bertz CT molecular complexity index is 454. The first-order valence-corrected chi connectivity index (χ1v) is 7.62. The normalized spacial score (nSPS) is 11.9. The molecule has 100 valence electrons. The zero-order chi connectivity index (χ0) is 13.5. The maximum absolute atomic E-state index is 11.7. The summed E-state index contributed by atoms with van der Waals surface area (Å²) < 4.78 is 10.9. The molecule has 2 N–H and O–H groups in total. The summed E-state index contributed by atoms with van der Waals surface area (Å²) in [6, 6.07) is 1.56. The van der Waals surface area contributed by atoms with Gasteiger partial charge in [-0.25, -0.2) is 4.98 Å². The van der Waals surface area contributed by atoms with E-state index in [-0.39, 0.29) is 5.91 Å². The standard InChI is InChI=1S/C11H16ClN3O2S/c1-3-13-10-9(12)6-8(7-15-10)11(16)14-4-5-18(2)17/h6-7H,3-5H2,1-2H3,(H,13,15)(H,14,16). The summed E-state index contributed by atoms with van der Waals surface area (Å²) in [4.78, 5) is 15.8. The summed E-state index contributed by atoms with van der Waals surface area (Å²) in [5.41, 5.74) is 0.392. The molecule has 0 spiro atoms. The van der Waals surface area contributed by atoms with E-state index in [0.717, 1.165) is 0 Å². The van der Waals surface area contributed by atoms with E-state index in [1.165, 1.54) is 6.20 Å². The number of aromatic nitrogens is 1. The van der Waals surface area contributed by atoms with Crippen molar-refractivity contribution in [2.45, 2.75) is 6.92 Å². The number of anilines is 1. The van der Waals surface area contributed by atoms with Gasteiger partial charge < -0.3 is 10.6 Å². The van der Waals surface area contributed by atoms with Gasteiger partial charge in [-0.3, -0.25) is 9.00 Å². The van der Waals surface area contributed by atoms with Crippen molar-refractivity contribution in [2.24, 2.45) is 0 Å². The van der Waals surface area contributed by atoms with Gasteiger partial charge in [-0.15, -0.1) is 0 Å². The number of hydrogen-bond acceptors (Lipinski definition) is 4. The van der Waals surface area contributed by atoms with Crippen molar-refractivity contribution in [2.75, 3.05) is 30.4 Å². The smallest absolute Gasteiger partial charge is 0.252 e. The lowest BCUT2D eigenvalue weighted by molar-refractivity contribution is 0.0956. The Balaban J connectivity index is 2.63. The highest BCUT2D eigenvalue weighted by atomic mass is 35.5. The third-order valence-electron chi connectivity index (χ3n) is 2.12. The molecular formula is C11H16ClN3O2S. The zero-order valence-electron chi connectivity index (χ0n) is 10.3. The van der Waals surface area contributed by atoms with Crippen molar-refractivity contribution in [1.29, 1.82) is 0 Å². The van der Waals surface area contributed by atoms with Gasteiger partial charge in [-0.05, 0) is 13.0 Å². The zero-order valence-corrected chi connectivity index (χ0v) is 11.9. The second kappa shape index (κ2) is 7.33. The van der Waals surface area contributed by atoms with Crippen molar-refractivity contribution in [3.8, 4) is 0 Å². The minimum atomic E-state index is -0.916. The van der Waals surface area contributed by atoms with Crippen LogP contribution in [-0.4, -0.2) is 40.2 Å². The fourth-order valence-electron chi connectivity index (χ4n) is 1.27. The monoisotopic (exact) mass is 289 g/mol. The molecule has 18 heavy (non-hydrogen) atoms. The number of rotatable bonds is 6. The maximum atomic E-state index is 11.7. The largest absolute Gasteiger partial charge is 0.369 e. The Hall–Kier alpha value is -1.14. The molecule has 7 heteroatoms. The number of hydrogen-bond donors (Lipinski definition) is 2. The molecule has 1 aromatic heterocycles. The molecule has 0 aliphatic heterocycles. The van der Waals surface area contributed by atoms with Crippen molar-refractivity contribution in [3.05, 3.63) is 22.8 Å². The quantitative estimate of drug-likeness (QED) is 0.827. The highest BCUT2D eigenvalue weighted by Crippen LogP contribution is 2.19. The molecule has 1 amide bonds. The van der Waals surface area contributed by atoms with Crippen LogP contribution in [0.3, 0.4) is 0 Å². The average molecular weight is 290 g/mol. The number of nitrogens with one attached hydrogen (secondary N) is 2. The number of carbonyl (C=O) groups is 1. The highest BCUT2D eigenvalue weighted by molar-refractivity contribution is 7.84. The summed E-state index contributed by atoms with van der Waals surface area (Å²) >= 11 is 5.98. The minimum absolute atomic E-state index is 0.266. The van der Waals surface area contributed by atoms with Crippen LogP contribution in [0.2, 0.25) is 5.02 Å². The Morgan fingerprint density at radius 1 is 1.56 bits per heavy atom. The lowest BCUT2D eigenvalue weighted by Gasteiger charge is -2.07. The van der Waals surface area contributed by atoms with Gasteiger partial charge in [0, 0.05) is 42.1 Å². The lowest BCUT2D eigenvalue weighted by atomic mass is 10.2. The van der Waals surface area contributed by atoms with E-state index in [1.54, 1.807) is 12.3 Å². The molecule has 0 aromatic carbocycles. The Labute approximate surface area is 114 Å². The number of pyridine rings is 1. The number of carbonyl (C=O) groups excluding carboxylic acids is 1. The topological polar surface area (TPSA) is 71.1 Å². The van der Waals surface area contributed by atoms with Gasteiger partial charge in [-0.1, -0.05) is 11.6 Å². The van der Waals surface area contributed by atoms with E-state index in [0.29, 0.717) is 35.2 Å². The fourth-order valence-corrected chi connectivity index (χ4v) is 1.89. The van der Waals surface area contributed by atoms with Gasteiger partial charge in [-0.2, -0.15) is 0 Å². The molecule has 0 radical (unpaired) electrons. The molecule has 1 aromatic rings. The van der Waals surface area contributed by atoms with E-state index in [2.05, 4.69) is 15.6 Å². The van der Waals surface area contributed by atoms with Crippen molar-refractivity contribution < 1.29 is 9.00 Å². The molecule has 1 unspecified atom stereocenters.